The van der Waals surface area contributed by atoms with Gasteiger partial charge in [0, 0.05) is 0 Å². The minimum Gasteiger partial charge on any atom is -0.322 e. The molecule has 0 saturated carbocycles. The van der Waals surface area contributed by atoms with Gasteiger partial charge in [-0.3, -0.25) is 10.1 Å². The molecule has 1 aromatic carbocycles. The highest BCUT2D eigenvalue weighted by molar-refractivity contribution is 7.91. The molecule has 6 nitrogen and oxygen atoms in total. The summed E-state index contributed by atoms with van der Waals surface area (Å²) in [6.45, 7) is 1.31. The summed E-state index contributed by atoms with van der Waals surface area (Å²) < 4.78 is 37.0. The fourth-order valence-electron chi connectivity index (χ4n) is 1.79. The van der Waals surface area contributed by atoms with Crippen molar-refractivity contribution in [2.24, 2.45) is 0 Å². The van der Waals surface area contributed by atoms with Gasteiger partial charge < -0.3 is 5.32 Å². The molecule has 3 amide bonds. The van der Waals surface area contributed by atoms with Crippen molar-refractivity contribution in [3.8, 4) is 0 Å². The van der Waals surface area contributed by atoms with Crippen LogP contribution in [-0.4, -0.2) is 31.6 Å². The van der Waals surface area contributed by atoms with Crippen LogP contribution in [0.15, 0.2) is 29.2 Å². The highest BCUT2D eigenvalue weighted by atomic mass is 32.2. The first-order valence-corrected chi connectivity index (χ1v) is 7.00. The Balaban J connectivity index is 2.29. The zero-order valence-electron chi connectivity index (χ0n) is 9.94. The van der Waals surface area contributed by atoms with Gasteiger partial charge in [-0.2, -0.15) is 0 Å². The number of carbonyl (C=O) groups excluding carboxylic acids is 2. The van der Waals surface area contributed by atoms with Crippen molar-refractivity contribution in [1.82, 2.24) is 10.6 Å². The Bertz CT molecular complexity index is 641. The fraction of sp³-hybridized carbons (Fsp3) is 0.273. The zero-order valence-corrected chi connectivity index (χ0v) is 10.8. The zero-order chi connectivity index (χ0) is 14.3. The van der Waals surface area contributed by atoms with E-state index in [1.54, 1.807) is 0 Å². The number of carbonyl (C=O) groups is 2. The third-order valence-corrected chi connectivity index (χ3v) is 4.72. The van der Waals surface area contributed by atoms with Crippen LogP contribution in [0.25, 0.3) is 0 Å². The SMILES string of the molecule is CC1(CS(=O)(=O)c2ccc(F)cc2)NC(=O)NC1=O. The summed E-state index contributed by atoms with van der Waals surface area (Å²) in [6, 6.07) is 3.53. The lowest BCUT2D eigenvalue weighted by Gasteiger charge is -2.20. The summed E-state index contributed by atoms with van der Waals surface area (Å²) in [6.07, 6.45) is 0. The third kappa shape index (κ3) is 2.58. The lowest BCUT2D eigenvalue weighted by Crippen LogP contribution is -2.49. The molecule has 1 aliphatic heterocycles. The first-order valence-electron chi connectivity index (χ1n) is 5.35. The number of nitrogens with one attached hydrogen (secondary N) is 2. The van der Waals surface area contributed by atoms with Crippen LogP contribution in [0, 0.1) is 5.82 Å². The second-order valence-electron chi connectivity index (χ2n) is 4.45. The van der Waals surface area contributed by atoms with Gasteiger partial charge in [-0.25, -0.2) is 17.6 Å². The van der Waals surface area contributed by atoms with Gasteiger partial charge in [-0.1, -0.05) is 0 Å². The Hall–Kier alpha value is -1.96. The first kappa shape index (κ1) is 13.5. The van der Waals surface area contributed by atoms with E-state index in [-0.39, 0.29) is 4.90 Å². The lowest BCUT2D eigenvalue weighted by atomic mass is 10.1. The van der Waals surface area contributed by atoms with Crippen LogP contribution in [-0.2, 0) is 14.6 Å². The van der Waals surface area contributed by atoms with Gasteiger partial charge in [0.2, 0.25) is 0 Å². The van der Waals surface area contributed by atoms with Crippen LogP contribution in [0.1, 0.15) is 6.92 Å². The maximum absolute atomic E-state index is 12.8. The van der Waals surface area contributed by atoms with E-state index in [1.165, 1.54) is 6.92 Å². The normalized spacial score (nSPS) is 23.1. The summed E-state index contributed by atoms with van der Waals surface area (Å²) in [7, 11) is -3.82. The maximum atomic E-state index is 12.8. The van der Waals surface area contributed by atoms with Crippen molar-refractivity contribution in [3.05, 3.63) is 30.1 Å². The van der Waals surface area contributed by atoms with Gasteiger partial charge in [-0.05, 0) is 31.2 Å². The molecule has 0 aliphatic carbocycles. The standard InChI is InChI=1S/C11H11FN2O4S/c1-11(9(15)13-10(16)14-11)6-19(17,18)8-4-2-7(12)3-5-8/h2-5H,6H2,1H3,(H2,13,14,15,16). The molecule has 1 saturated heterocycles. The Morgan fingerprint density at radius 2 is 1.79 bits per heavy atom. The second kappa shape index (κ2) is 4.30. The van der Waals surface area contributed by atoms with E-state index >= 15 is 0 Å². The minimum absolute atomic E-state index is 0.107. The highest BCUT2D eigenvalue weighted by Crippen LogP contribution is 2.19. The van der Waals surface area contributed by atoms with Crippen LogP contribution in [0.5, 0.6) is 0 Å². The number of hydrogen-bond donors (Lipinski definition) is 2. The molecule has 2 rings (SSSR count). The number of amides is 3. The van der Waals surface area contributed by atoms with Crippen molar-refractivity contribution in [2.75, 3.05) is 5.75 Å². The van der Waals surface area contributed by atoms with Crippen LogP contribution < -0.4 is 10.6 Å². The molecular formula is C11H11FN2O4S. The molecule has 0 spiro atoms. The molecule has 0 bridgehead atoms. The molecule has 0 aromatic heterocycles. The summed E-state index contributed by atoms with van der Waals surface area (Å²) in [4.78, 5) is 22.5. The first-order chi connectivity index (χ1) is 8.73. The van der Waals surface area contributed by atoms with E-state index in [2.05, 4.69) is 5.32 Å². The van der Waals surface area contributed by atoms with E-state index in [0.29, 0.717) is 0 Å². The van der Waals surface area contributed by atoms with E-state index in [4.69, 9.17) is 0 Å². The largest absolute Gasteiger partial charge is 0.322 e. The monoisotopic (exact) mass is 286 g/mol. The van der Waals surface area contributed by atoms with E-state index in [0.717, 1.165) is 24.3 Å². The van der Waals surface area contributed by atoms with E-state index in [1.807, 2.05) is 5.32 Å². The summed E-state index contributed by atoms with van der Waals surface area (Å²) in [5.74, 6) is -1.86. The lowest BCUT2D eigenvalue weighted by molar-refractivity contribution is -0.122. The Labute approximate surface area is 108 Å². The number of hydrogen-bond acceptors (Lipinski definition) is 4. The number of halogens is 1. The Morgan fingerprint density at radius 1 is 1.21 bits per heavy atom. The molecule has 1 unspecified atom stereocenters. The quantitative estimate of drug-likeness (QED) is 0.613. The maximum Gasteiger partial charge on any atom is 0.322 e. The Morgan fingerprint density at radius 3 is 2.26 bits per heavy atom. The second-order valence-corrected chi connectivity index (χ2v) is 6.44. The molecule has 102 valence electrons. The van der Waals surface area contributed by atoms with Crippen LogP contribution in [0.2, 0.25) is 0 Å². The molecule has 1 aromatic rings. The topological polar surface area (TPSA) is 92.3 Å². The summed E-state index contributed by atoms with van der Waals surface area (Å²) in [5.41, 5.74) is -1.52. The van der Waals surface area contributed by atoms with Crippen molar-refractivity contribution < 1.29 is 22.4 Å². The van der Waals surface area contributed by atoms with Gasteiger partial charge in [0.1, 0.15) is 11.4 Å². The van der Waals surface area contributed by atoms with Crippen LogP contribution in [0.3, 0.4) is 0 Å². The van der Waals surface area contributed by atoms with Crippen molar-refractivity contribution >= 4 is 21.8 Å². The molecule has 2 N–H and O–H groups in total. The van der Waals surface area contributed by atoms with Crippen molar-refractivity contribution in [3.63, 3.8) is 0 Å². The van der Waals surface area contributed by atoms with Crippen LogP contribution in [0.4, 0.5) is 9.18 Å². The van der Waals surface area contributed by atoms with Gasteiger partial charge >= 0.3 is 6.03 Å². The van der Waals surface area contributed by atoms with Gasteiger partial charge in [-0.15, -0.1) is 0 Å². The molecule has 0 radical (unpaired) electrons. The number of imide groups is 1. The minimum atomic E-state index is -3.82. The van der Waals surface area contributed by atoms with Gasteiger partial charge in [0.05, 0.1) is 10.6 Å². The number of sulfone groups is 1. The molecule has 1 atom stereocenters. The molecule has 1 aliphatic rings. The number of urea groups is 1. The van der Waals surface area contributed by atoms with Crippen LogP contribution >= 0.6 is 0 Å². The van der Waals surface area contributed by atoms with E-state index in [9.17, 15) is 22.4 Å². The highest BCUT2D eigenvalue weighted by Gasteiger charge is 2.45. The predicted molar refractivity (Wildman–Crippen MR) is 63.5 cm³/mol. The average molecular weight is 286 g/mol. The average Bonchev–Trinajstić information content (AvgIpc) is 2.51. The summed E-state index contributed by atoms with van der Waals surface area (Å²) in [5, 5.41) is 4.24. The summed E-state index contributed by atoms with van der Waals surface area (Å²) >= 11 is 0. The third-order valence-electron chi connectivity index (χ3n) is 2.77. The van der Waals surface area contributed by atoms with Crippen molar-refractivity contribution in [2.45, 2.75) is 17.4 Å². The molecule has 19 heavy (non-hydrogen) atoms. The fourth-order valence-corrected chi connectivity index (χ4v) is 3.47. The van der Waals surface area contributed by atoms with Gasteiger partial charge in [0.15, 0.2) is 9.84 Å². The molecule has 8 heteroatoms. The Kier molecular flexibility index (Phi) is 3.05. The van der Waals surface area contributed by atoms with E-state index < -0.39 is 38.9 Å². The van der Waals surface area contributed by atoms with Crippen molar-refractivity contribution in [1.29, 1.82) is 0 Å². The number of benzene rings is 1. The van der Waals surface area contributed by atoms with Gasteiger partial charge in [0.25, 0.3) is 5.91 Å². The smallest absolute Gasteiger partial charge is 0.322 e. The molecule has 1 fully saturated rings. The number of rotatable bonds is 3. The molecule has 1 heterocycles. The predicted octanol–water partition coefficient (Wildman–Crippen LogP) is 0.198. The molecular weight excluding hydrogens is 275 g/mol.